The summed E-state index contributed by atoms with van der Waals surface area (Å²) >= 11 is 1.39. The van der Waals surface area contributed by atoms with E-state index in [2.05, 4.69) is 10.4 Å². The molecule has 2 heterocycles. The van der Waals surface area contributed by atoms with Crippen molar-refractivity contribution in [3.63, 3.8) is 0 Å². The highest BCUT2D eigenvalue weighted by atomic mass is 32.1. The van der Waals surface area contributed by atoms with Crippen LogP contribution in [0.1, 0.15) is 77.1 Å². The maximum Gasteiger partial charge on any atom is 0.435 e. The number of alkyl halides is 3. The molecule has 0 bridgehead atoms. The molecule has 4 rings (SSSR count). The quantitative estimate of drug-likeness (QED) is 0.601. The second kappa shape index (κ2) is 8.64. The molecule has 0 atom stereocenters. The number of aromatic nitrogens is 2. The molecule has 0 unspecified atom stereocenters. The van der Waals surface area contributed by atoms with Crippen LogP contribution in [-0.4, -0.2) is 28.3 Å². The van der Waals surface area contributed by atoms with Crippen LogP contribution in [0.25, 0.3) is 0 Å². The predicted molar refractivity (Wildman–Crippen MR) is 109 cm³/mol. The molecule has 31 heavy (non-hydrogen) atoms. The first-order valence-electron chi connectivity index (χ1n) is 10.5. The Labute approximate surface area is 181 Å². The van der Waals surface area contributed by atoms with Gasteiger partial charge in [0.2, 0.25) is 5.91 Å². The van der Waals surface area contributed by atoms with Gasteiger partial charge in [0.15, 0.2) is 5.69 Å². The first kappa shape index (κ1) is 21.9. The molecule has 0 saturated heterocycles. The fourth-order valence-electron chi connectivity index (χ4n) is 3.93. The zero-order valence-corrected chi connectivity index (χ0v) is 18.0. The molecular weight excluding hydrogens is 431 g/mol. The molecule has 0 radical (unpaired) electrons. The molecule has 1 saturated carbocycles. The average Bonchev–Trinajstić information content (AvgIpc) is 3.34. The summed E-state index contributed by atoms with van der Waals surface area (Å²) in [6.07, 6.45) is 0.764. The van der Waals surface area contributed by atoms with Gasteiger partial charge >= 0.3 is 12.1 Å². The Balaban J connectivity index is 1.48. The number of fused-ring (bicyclic) bond motifs is 1. The largest absolute Gasteiger partial charge is 0.462 e. The van der Waals surface area contributed by atoms with Gasteiger partial charge in [-0.2, -0.15) is 18.3 Å². The van der Waals surface area contributed by atoms with E-state index < -0.39 is 17.8 Å². The molecule has 10 heteroatoms. The smallest absolute Gasteiger partial charge is 0.435 e. The van der Waals surface area contributed by atoms with Crippen molar-refractivity contribution in [1.29, 1.82) is 0 Å². The molecule has 2 aromatic heterocycles. The van der Waals surface area contributed by atoms with E-state index in [1.807, 2.05) is 0 Å². The number of carbonyl (C=O) groups excluding carboxylic acids is 2. The van der Waals surface area contributed by atoms with Gasteiger partial charge in [0.05, 0.1) is 12.2 Å². The van der Waals surface area contributed by atoms with Crippen molar-refractivity contribution in [1.82, 2.24) is 9.78 Å². The monoisotopic (exact) mass is 455 g/mol. The average molecular weight is 456 g/mol. The van der Waals surface area contributed by atoms with Crippen molar-refractivity contribution in [2.75, 3.05) is 11.9 Å². The van der Waals surface area contributed by atoms with Gasteiger partial charge in [-0.1, -0.05) is 0 Å². The SMILES string of the molecule is CCOC(=O)c1c(NC(=O)CCn2nc(C(F)(F)F)cc2C2CC2)sc2c1CCCC2. The van der Waals surface area contributed by atoms with E-state index in [9.17, 15) is 22.8 Å². The topological polar surface area (TPSA) is 73.2 Å². The number of hydrogen-bond acceptors (Lipinski definition) is 5. The number of ether oxygens (including phenoxy) is 1. The first-order valence-corrected chi connectivity index (χ1v) is 11.4. The van der Waals surface area contributed by atoms with Crippen LogP contribution in [0.4, 0.5) is 18.2 Å². The number of thiophene rings is 1. The van der Waals surface area contributed by atoms with E-state index in [0.717, 1.165) is 55.0 Å². The van der Waals surface area contributed by atoms with Crippen LogP contribution < -0.4 is 5.32 Å². The van der Waals surface area contributed by atoms with Gasteiger partial charge in [-0.25, -0.2) is 4.79 Å². The van der Waals surface area contributed by atoms with E-state index in [1.54, 1.807) is 6.92 Å². The number of nitrogens with zero attached hydrogens (tertiary/aromatic N) is 2. The van der Waals surface area contributed by atoms with Gasteiger partial charge in [0.25, 0.3) is 0 Å². The van der Waals surface area contributed by atoms with Gasteiger partial charge in [-0.05, 0) is 57.1 Å². The summed E-state index contributed by atoms with van der Waals surface area (Å²) in [6.45, 7) is 2.01. The first-order chi connectivity index (χ1) is 14.8. The second-order valence-corrected chi connectivity index (χ2v) is 8.99. The third kappa shape index (κ3) is 4.78. The number of rotatable bonds is 7. The van der Waals surface area contributed by atoms with Gasteiger partial charge in [-0.15, -0.1) is 11.3 Å². The standard InChI is InChI=1S/C21H24F3N3O3S/c1-2-30-20(29)18-13-5-3-4-6-15(13)31-19(18)25-17(28)9-10-27-14(12-7-8-12)11-16(26-27)21(22,23)24/h11-12H,2-10H2,1H3,(H,25,28). The highest BCUT2D eigenvalue weighted by Crippen LogP contribution is 2.42. The number of nitrogens with one attached hydrogen (secondary N) is 1. The summed E-state index contributed by atoms with van der Waals surface area (Å²) in [5.41, 5.74) is 0.971. The molecule has 0 aliphatic heterocycles. The Morgan fingerprint density at radius 3 is 2.71 bits per heavy atom. The van der Waals surface area contributed by atoms with Crippen LogP contribution in [0.3, 0.4) is 0 Å². The number of halogens is 3. The lowest BCUT2D eigenvalue weighted by molar-refractivity contribution is -0.141. The molecule has 2 aromatic rings. The number of hydrogen-bond donors (Lipinski definition) is 1. The fraction of sp³-hybridized carbons (Fsp3) is 0.571. The number of esters is 1. The summed E-state index contributed by atoms with van der Waals surface area (Å²) < 4.78 is 45.6. The fourth-order valence-corrected chi connectivity index (χ4v) is 5.22. The highest BCUT2D eigenvalue weighted by molar-refractivity contribution is 7.17. The number of aryl methyl sites for hydroxylation is 2. The van der Waals surface area contributed by atoms with Crippen molar-refractivity contribution in [2.45, 2.75) is 70.5 Å². The Bertz CT molecular complexity index is 992. The van der Waals surface area contributed by atoms with E-state index in [4.69, 9.17) is 4.74 Å². The van der Waals surface area contributed by atoms with Crippen molar-refractivity contribution in [2.24, 2.45) is 0 Å². The summed E-state index contributed by atoms with van der Waals surface area (Å²) in [5.74, 6) is -0.740. The number of carbonyl (C=O) groups is 2. The molecule has 168 valence electrons. The van der Waals surface area contributed by atoms with Crippen LogP contribution in [0.5, 0.6) is 0 Å². The van der Waals surface area contributed by atoms with Gasteiger partial charge in [0.1, 0.15) is 5.00 Å². The molecule has 1 N–H and O–H groups in total. The van der Waals surface area contributed by atoms with Crippen molar-refractivity contribution >= 4 is 28.2 Å². The van der Waals surface area contributed by atoms with Gasteiger partial charge in [0, 0.05) is 29.5 Å². The maximum atomic E-state index is 13.0. The van der Waals surface area contributed by atoms with Crippen molar-refractivity contribution in [3.8, 4) is 0 Å². The minimum absolute atomic E-state index is 0.0382. The summed E-state index contributed by atoms with van der Waals surface area (Å²) in [5, 5.41) is 6.95. The summed E-state index contributed by atoms with van der Waals surface area (Å²) in [7, 11) is 0. The second-order valence-electron chi connectivity index (χ2n) is 7.88. The maximum absolute atomic E-state index is 13.0. The van der Waals surface area contributed by atoms with Gasteiger partial charge in [-0.3, -0.25) is 9.48 Å². The normalized spacial score (nSPS) is 16.1. The number of anilines is 1. The lowest BCUT2D eigenvalue weighted by atomic mass is 9.95. The van der Waals surface area contributed by atoms with Crippen LogP contribution in [-0.2, 0) is 35.1 Å². The third-order valence-corrected chi connectivity index (χ3v) is 6.76. The van der Waals surface area contributed by atoms with E-state index in [-0.39, 0.29) is 31.4 Å². The Kier molecular flexibility index (Phi) is 6.09. The van der Waals surface area contributed by atoms with Gasteiger partial charge < -0.3 is 10.1 Å². The molecule has 0 aromatic carbocycles. The Hall–Kier alpha value is -2.36. The van der Waals surface area contributed by atoms with Crippen LogP contribution >= 0.6 is 11.3 Å². The summed E-state index contributed by atoms with van der Waals surface area (Å²) in [6, 6.07) is 1.09. The molecular formula is C21H24F3N3O3S. The lowest BCUT2D eigenvalue weighted by Gasteiger charge is -2.12. The van der Waals surface area contributed by atoms with Crippen LogP contribution in [0, 0.1) is 0 Å². The molecule has 1 fully saturated rings. The van der Waals surface area contributed by atoms with Crippen molar-refractivity contribution < 1.29 is 27.5 Å². The van der Waals surface area contributed by atoms with E-state index in [0.29, 0.717) is 16.3 Å². The molecule has 6 nitrogen and oxygen atoms in total. The minimum atomic E-state index is -4.51. The number of amides is 1. The zero-order chi connectivity index (χ0) is 22.2. The molecule has 2 aliphatic rings. The molecule has 0 spiro atoms. The minimum Gasteiger partial charge on any atom is -0.462 e. The van der Waals surface area contributed by atoms with Crippen LogP contribution in [0.15, 0.2) is 6.07 Å². The summed E-state index contributed by atoms with van der Waals surface area (Å²) in [4.78, 5) is 26.2. The predicted octanol–water partition coefficient (Wildman–Crippen LogP) is 4.93. The Morgan fingerprint density at radius 2 is 2.03 bits per heavy atom. The third-order valence-electron chi connectivity index (χ3n) is 5.55. The highest BCUT2D eigenvalue weighted by Gasteiger charge is 2.38. The van der Waals surface area contributed by atoms with Crippen LogP contribution in [0.2, 0.25) is 0 Å². The Morgan fingerprint density at radius 1 is 1.29 bits per heavy atom. The van der Waals surface area contributed by atoms with E-state index in [1.165, 1.54) is 16.0 Å². The molecule has 1 amide bonds. The molecule has 2 aliphatic carbocycles. The lowest BCUT2D eigenvalue weighted by Crippen LogP contribution is -2.18. The van der Waals surface area contributed by atoms with E-state index >= 15 is 0 Å². The van der Waals surface area contributed by atoms with Crippen molar-refractivity contribution in [3.05, 3.63) is 33.5 Å². The zero-order valence-electron chi connectivity index (χ0n) is 17.2.